The van der Waals surface area contributed by atoms with Crippen LogP contribution in [0.5, 0.6) is 0 Å². The van der Waals surface area contributed by atoms with Gasteiger partial charge in [0.25, 0.3) is 0 Å². The number of carbonyl (C=O) groups excluding carboxylic acids is 1. The number of hydrogen-bond acceptors (Lipinski definition) is 2. The molecule has 0 unspecified atom stereocenters. The molecule has 0 saturated heterocycles. The van der Waals surface area contributed by atoms with E-state index in [1.807, 2.05) is 12.2 Å². The van der Waals surface area contributed by atoms with Gasteiger partial charge in [0.1, 0.15) is 5.60 Å². The predicted octanol–water partition coefficient (Wildman–Crippen LogP) is 1.06. The lowest BCUT2D eigenvalue weighted by Gasteiger charge is -2.17. The molecule has 0 radical (unpaired) electrons. The molecule has 0 bridgehead atoms. The molecule has 1 spiro atoms. The number of ether oxygens (including phenoxy) is 1. The highest BCUT2D eigenvalue weighted by molar-refractivity contribution is 5.91. The van der Waals surface area contributed by atoms with Gasteiger partial charge in [0.15, 0.2) is 5.78 Å². The van der Waals surface area contributed by atoms with Gasteiger partial charge in [-0.1, -0.05) is 6.08 Å². The van der Waals surface area contributed by atoms with Gasteiger partial charge in [0, 0.05) is 6.42 Å². The summed E-state index contributed by atoms with van der Waals surface area (Å²) in [5.74, 6) is 0.265. The second-order valence-corrected chi connectivity index (χ2v) is 2.88. The summed E-state index contributed by atoms with van der Waals surface area (Å²) in [7, 11) is 0. The smallest absolute Gasteiger partial charge is 0.168 e. The molecule has 2 nitrogen and oxygen atoms in total. The standard InChI is InChI=1S/C8H10O2/c9-7-3-1-4-8(7)5-2-6-10-8/h2,5H,1,3-4,6H2/t8-/m1/s1. The number of hydrogen-bond donors (Lipinski definition) is 0. The Morgan fingerprint density at radius 3 is 3.00 bits per heavy atom. The van der Waals surface area contributed by atoms with Crippen LogP contribution in [0.1, 0.15) is 19.3 Å². The van der Waals surface area contributed by atoms with E-state index in [4.69, 9.17) is 4.74 Å². The summed E-state index contributed by atoms with van der Waals surface area (Å²) in [5, 5.41) is 0. The van der Waals surface area contributed by atoms with Crippen LogP contribution < -0.4 is 0 Å². The highest BCUT2D eigenvalue weighted by atomic mass is 16.5. The van der Waals surface area contributed by atoms with Crippen molar-refractivity contribution in [3.8, 4) is 0 Å². The lowest BCUT2D eigenvalue weighted by atomic mass is 10.0. The zero-order valence-electron chi connectivity index (χ0n) is 5.80. The molecule has 1 atom stereocenters. The first-order chi connectivity index (χ1) is 4.83. The summed E-state index contributed by atoms with van der Waals surface area (Å²) >= 11 is 0. The van der Waals surface area contributed by atoms with Crippen LogP contribution in [0.2, 0.25) is 0 Å². The molecule has 0 N–H and O–H groups in total. The summed E-state index contributed by atoms with van der Waals surface area (Å²) in [5.41, 5.74) is -0.472. The fourth-order valence-corrected chi connectivity index (χ4v) is 1.67. The van der Waals surface area contributed by atoms with Crippen molar-refractivity contribution in [3.05, 3.63) is 12.2 Å². The second-order valence-electron chi connectivity index (χ2n) is 2.88. The topological polar surface area (TPSA) is 26.3 Å². The minimum atomic E-state index is -0.472. The van der Waals surface area contributed by atoms with E-state index in [2.05, 4.69) is 0 Å². The second kappa shape index (κ2) is 1.92. The van der Waals surface area contributed by atoms with Crippen molar-refractivity contribution in [2.45, 2.75) is 24.9 Å². The van der Waals surface area contributed by atoms with E-state index < -0.39 is 5.60 Å². The third-order valence-electron chi connectivity index (χ3n) is 2.25. The predicted molar refractivity (Wildman–Crippen MR) is 36.7 cm³/mol. The maximum Gasteiger partial charge on any atom is 0.168 e. The van der Waals surface area contributed by atoms with E-state index in [0.29, 0.717) is 13.0 Å². The van der Waals surface area contributed by atoms with Crippen molar-refractivity contribution in [3.63, 3.8) is 0 Å². The lowest BCUT2D eigenvalue weighted by molar-refractivity contribution is -0.131. The van der Waals surface area contributed by atoms with Gasteiger partial charge in [-0.3, -0.25) is 4.79 Å². The van der Waals surface area contributed by atoms with E-state index in [0.717, 1.165) is 12.8 Å². The molecule has 1 fully saturated rings. The minimum Gasteiger partial charge on any atom is -0.359 e. The molecule has 10 heavy (non-hydrogen) atoms. The van der Waals surface area contributed by atoms with Crippen molar-refractivity contribution in [1.82, 2.24) is 0 Å². The molecule has 54 valence electrons. The van der Waals surface area contributed by atoms with Crippen LogP contribution in [0.15, 0.2) is 12.2 Å². The van der Waals surface area contributed by atoms with Crippen molar-refractivity contribution >= 4 is 5.78 Å². The van der Waals surface area contributed by atoms with Crippen LogP contribution in [-0.4, -0.2) is 18.0 Å². The van der Waals surface area contributed by atoms with Crippen LogP contribution in [0.4, 0.5) is 0 Å². The third-order valence-corrected chi connectivity index (χ3v) is 2.25. The SMILES string of the molecule is O=C1CCC[C@@]12C=CCO2. The molecule has 1 aliphatic heterocycles. The maximum atomic E-state index is 11.2. The highest BCUT2D eigenvalue weighted by Gasteiger charge is 2.42. The summed E-state index contributed by atoms with van der Waals surface area (Å²) < 4.78 is 5.35. The van der Waals surface area contributed by atoms with Gasteiger partial charge in [0.2, 0.25) is 0 Å². The fraction of sp³-hybridized carbons (Fsp3) is 0.625. The summed E-state index contributed by atoms with van der Waals surface area (Å²) in [6.07, 6.45) is 6.43. The molecular weight excluding hydrogens is 128 g/mol. The lowest BCUT2D eigenvalue weighted by Crippen LogP contribution is -2.31. The Morgan fingerprint density at radius 2 is 2.50 bits per heavy atom. The normalized spacial score (nSPS) is 38.2. The first kappa shape index (κ1) is 6.10. The first-order valence-electron chi connectivity index (χ1n) is 3.68. The molecule has 0 aromatic heterocycles. The van der Waals surface area contributed by atoms with Crippen molar-refractivity contribution in [2.75, 3.05) is 6.61 Å². The van der Waals surface area contributed by atoms with Crippen LogP contribution in [-0.2, 0) is 9.53 Å². The molecule has 1 aliphatic carbocycles. The number of rotatable bonds is 0. The quantitative estimate of drug-likeness (QED) is 0.468. The molecule has 2 heteroatoms. The number of ketones is 1. The van der Waals surface area contributed by atoms with Crippen LogP contribution in [0, 0.1) is 0 Å². The van der Waals surface area contributed by atoms with Crippen molar-refractivity contribution < 1.29 is 9.53 Å². The van der Waals surface area contributed by atoms with Crippen molar-refractivity contribution in [1.29, 1.82) is 0 Å². The van der Waals surface area contributed by atoms with Gasteiger partial charge in [-0.25, -0.2) is 0 Å². The Balaban J connectivity index is 2.28. The van der Waals surface area contributed by atoms with Crippen LogP contribution >= 0.6 is 0 Å². The molecule has 2 rings (SSSR count). The van der Waals surface area contributed by atoms with Crippen molar-refractivity contribution in [2.24, 2.45) is 0 Å². The van der Waals surface area contributed by atoms with Gasteiger partial charge < -0.3 is 4.74 Å². The zero-order valence-corrected chi connectivity index (χ0v) is 5.80. The average molecular weight is 138 g/mol. The fourth-order valence-electron chi connectivity index (χ4n) is 1.67. The summed E-state index contributed by atoms with van der Waals surface area (Å²) in [4.78, 5) is 11.2. The van der Waals surface area contributed by atoms with E-state index in [1.54, 1.807) is 0 Å². The Labute approximate surface area is 59.9 Å². The van der Waals surface area contributed by atoms with Gasteiger partial charge in [-0.2, -0.15) is 0 Å². The van der Waals surface area contributed by atoms with Gasteiger partial charge >= 0.3 is 0 Å². The maximum absolute atomic E-state index is 11.2. The minimum absolute atomic E-state index is 0.265. The summed E-state index contributed by atoms with van der Waals surface area (Å²) in [6.45, 7) is 0.617. The van der Waals surface area contributed by atoms with Gasteiger partial charge in [-0.05, 0) is 18.9 Å². The number of carbonyl (C=O) groups is 1. The van der Waals surface area contributed by atoms with Gasteiger partial charge in [0.05, 0.1) is 6.61 Å². The Kier molecular flexibility index (Phi) is 1.17. The van der Waals surface area contributed by atoms with E-state index >= 15 is 0 Å². The third kappa shape index (κ3) is 0.655. The molecule has 0 amide bonds. The van der Waals surface area contributed by atoms with Crippen LogP contribution in [0.25, 0.3) is 0 Å². The molecular formula is C8H10O2. The highest BCUT2D eigenvalue weighted by Crippen LogP contribution is 2.33. The zero-order chi connectivity index (χ0) is 7.03. The van der Waals surface area contributed by atoms with Gasteiger partial charge in [-0.15, -0.1) is 0 Å². The molecule has 2 aliphatic rings. The Hall–Kier alpha value is -0.630. The number of Topliss-reactive ketones (excluding diaryl/α,β-unsaturated/α-hetero) is 1. The van der Waals surface area contributed by atoms with E-state index in [-0.39, 0.29) is 5.78 Å². The Morgan fingerprint density at radius 1 is 1.60 bits per heavy atom. The molecule has 1 heterocycles. The summed E-state index contributed by atoms with van der Waals surface area (Å²) in [6, 6.07) is 0. The molecule has 1 saturated carbocycles. The molecule has 0 aromatic carbocycles. The monoisotopic (exact) mass is 138 g/mol. The van der Waals surface area contributed by atoms with E-state index in [1.165, 1.54) is 0 Å². The molecule has 0 aromatic rings. The van der Waals surface area contributed by atoms with E-state index in [9.17, 15) is 4.79 Å². The largest absolute Gasteiger partial charge is 0.359 e. The first-order valence-corrected chi connectivity index (χ1v) is 3.68. The Bertz CT molecular complexity index is 195. The average Bonchev–Trinajstić information content (AvgIpc) is 2.48. The van der Waals surface area contributed by atoms with Crippen LogP contribution in [0.3, 0.4) is 0 Å².